The van der Waals surface area contributed by atoms with E-state index in [2.05, 4.69) is 5.32 Å². The average molecular weight is 363 g/mol. The van der Waals surface area contributed by atoms with E-state index < -0.39 is 5.97 Å². The van der Waals surface area contributed by atoms with Crippen LogP contribution in [0, 0.1) is 13.8 Å². The fourth-order valence-corrected chi connectivity index (χ4v) is 3.02. The molecule has 3 rings (SSSR count). The molecule has 0 atom stereocenters. The first-order valence-corrected chi connectivity index (χ1v) is 8.60. The van der Waals surface area contributed by atoms with E-state index in [0.29, 0.717) is 11.3 Å². The molecule has 27 heavy (non-hydrogen) atoms. The number of nitrogens with one attached hydrogen (secondary N) is 1. The monoisotopic (exact) mass is 363 g/mol. The maximum Gasteiger partial charge on any atom is 0.339 e. The van der Waals surface area contributed by atoms with E-state index in [9.17, 15) is 9.59 Å². The van der Waals surface area contributed by atoms with Gasteiger partial charge in [0.15, 0.2) is 6.61 Å². The molecule has 0 saturated carbocycles. The van der Waals surface area contributed by atoms with E-state index in [0.717, 1.165) is 27.6 Å². The Bertz CT molecular complexity index is 990. The highest BCUT2D eigenvalue weighted by Crippen LogP contribution is 2.28. The van der Waals surface area contributed by atoms with Gasteiger partial charge < -0.3 is 14.8 Å². The van der Waals surface area contributed by atoms with Gasteiger partial charge in [-0.2, -0.15) is 0 Å². The number of rotatable bonds is 5. The number of aryl methyl sites for hydroxylation is 2. The van der Waals surface area contributed by atoms with Gasteiger partial charge in [0.25, 0.3) is 5.91 Å². The molecule has 0 spiro atoms. The van der Waals surface area contributed by atoms with Crippen molar-refractivity contribution in [3.8, 4) is 5.75 Å². The highest BCUT2D eigenvalue weighted by atomic mass is 16.5. The summed E-state index contributed by atoms with van der Waals surface area (Å²) in [6, 6.07) is 16.5. The molecule has 3 aromatic rings. The number of amides is 1. The number of benzene rings is 3. The largest absolute Gasteiger partial charge is 0.496 e. The van der Waals surface area contributed by atoms with Crippen molar-refractivity contribution in [3.05, 3.63) is 71.3 Å². The van der Waals surface area contributed by atoms with Crippen molar-refractivity contribution < 1.29 is 19.1 Å². The van der Waals surface area contributed by atoms with Gasteiger partial charge in [0, 0.05) is 11.1 Å². The second-order valence-corrected chi connectivity index (χ2v) is 6.25. The minimum atomic E-state index is -0.550. The van der Waals surface area contributed by atoms with Crippen molar-refractivity contribution in [2.75, 3.05) is 19.0 Å². The number of hydrogen-bond donors (Lipinski definition) is 1. The predicted octanol–water partition coefficient (Wildman–Crippen LogP) is 4.26. The molecule has 0 saturated heterocycles. The molecule has 0 heterocycles. The first kappa shape index (κ1) is 18.5. The summed E-state index contributed by atoms with van der Waals surface area (Å²) in [5, 5.41) is 4.34. The standard InChI is InChI=1S/C22H21NO4/c1-14-7-6-8-15(2)21(14)23-20(24)13-27-22(25)18-11-12-19(26-3)17-10-5-4-9-16(17)18/h4-12H,13H2,1-3H3,(H,23,24). The lowest BCUT2D eigenvalue weighted by molar-refractivity contribution is -0.119. The molecule has 138 valence electrons. The summed E-state index contributed by atoms with van der Waals surface area (Å²) in [7, 11) is 1.58. The van der Waals surface area contributed by atoms with Gasteiger partial charge in [-0.15, -0.1) is 0 Å². The van der Waals surface area contributed by atoms with Crippen LogP contribution in [0.15, 0.2) is 54.6 Å². The van der Waals surface area contributed by atoms with Crippen LogP contribution in [0.4, 0.5) is 5.69 Å². The van der Waals surface area contributed by atoms with Crippen LogP contribution in [0.1, 0.15) is 21.5 Å². The van der Waals surface area contributed by atoms with E-state index in [1.54, 1.807) is 19.2 Å². The quantitative estimate of drug-likeness (QED) is 0.688. The number of anilines is 1. The summed E-state index contributed by atoms with van der Waals surface area (Å²) in [6.45, 7) is 3.48. The zero-order chi connectivity index (χ0) is 19.4. The smallest absolute Gasteiger partial charge is 0.339 e. The molecule has 1 amide bonds. The van der Waals surface area contributed by atoms with E-state index in [1.807, 2.05) is 56.3 Å². The SMILES string of the molecule is COc1ccc(C(=O)OCC(=O)Nc2c(C)cccc2C)c2ccccc12. The van der Waals surface area contributed by atoms with Crippen LogP contribution in [0.2, 0.25) is 0 Å². The third kappa shape index (κ3) is 3.92. The number of carbonyl (C=O) groups is 2. The number of ether oxygens (including phenoxy) is 2. The third-order valence-electron chi connectivity index (χ3n) is 4.40. The lowest BCUT2D eigenvalue weighted by Crippen LogP contribution is -2.22. The maximum absolute atomic E-state index is 12.5. The topological polar surface area (TPSA) is 64.6 Å². The minimum Gasteiger partial charge on any atom is -0.496 e. The molecular weight excluding hydrogens is 342 g/mol. The summed E-state index contributed by atoms with van der Waals surface area (Å²) in [5.41, 5.74) is 3.05. The second-order valence-electron chi connectivity index (χ2n) is 6.25. The summed E-state index contributed by atoms with van der Waals surface area (Å²) >= 11 is 0. The minimum absolute atomic E-state index is 0.354. The lowest BCUT2D eigenvalue weighted by Gasteiger charge is -2.12. The molecule has 0 radical (unpaired) electrons. The van der Waals surface area contributed by atoms with Crippen LogP contribution in [0.25, 0.3) is 10.8 Å². The lowest BCUT2D eigenvalue weighted by atomic mass is 10.0. The van der Waals surface area contributed by atoms with Gasteiger partial charge in [-0.05, 0) is 42.5 Å². The normalized spacial score (nSPS) is 10.5. The van der Waals surface area contributed by atoms with Crippen molar-refractivity contribution in [2.24, 2.45) is 0 Å². The number of methoxy groups -OCH3 is 1. The highest BCUT2D eigenvalue weighted by molar-refractivity contribution is 6.07. The number of hydrogen-bond acceptors (Lipinski definition) is 4. The number of carbonyl (C=O) groups excluding carboxylic acids is 2. The van der Waals surface area contributed by atoms with Crippen LogP contribution in [-0.4, -0.2) is 25.6 Å². The van der Waals surface area contributed by atoms with Gasteiger partial charge in [0.2, 0.25) is 0 Å². The Morgan fingerprint density at radius 3 is 2.22 bits per heavy atom. The number of fused-ring (bicyclic) bond motifs is 1. The fourth-order valence-electron chi connectivity index (χ4n) is 3.02. The first-order valence-electron chi connectivity index (χ1n) is 8.60. The van der Waals surface area contributed by atoms with Crippen molar-refractivity contribution in [1.29, 1.82) is 0 Å². The maximum atomic E-state index is 12.5. The number of para-hydroxylation sites is 1. The first-order chi connectivity index (χ1) is 13.0. The molecule has 3 aromatic carbocycles. The summed E-state index contributed by atoms with van der Waals surface area (Å²) in [4.78, 5) is 24.7. The Kier molecular flexibility index (Phi) is 5.41. The molecule has 5 nitrogen and oxygen atoms in total. The Morgan fingerprint density at radius 2 is 1.56 bits per heavy atom. The molecule has 0 bridgehead atoms. The third-order valence-corrected chi connectivity index (χ3v) is 4.40. The van der Waals surface area contributed by atoms with Crippen LogP contribution in [0.3, 0.4) is 0 Å². The van der Waals surface area contributed by atoms with E-state index in [-0.39, 0.29) is 12.5 Å². The van der Waals surface area contributed by atoms with Crippen LogP contribution in [-0.2, 0) is 9.53 Å². The summed E-state index contributed by atoms with van der Waals surface area (Å²) in [6.07, 6.45) is 0. The molecule has 0 fully saturated rings. The van der Waals surface area contributed by atoms with Crippen LogP contribution in [0.5, 0.6) is 5.75 Å². The van der Waals surface area contributed by atoms with Gasteiger partial charge in [-0.1, -0.05) is 42.5 Å². The predicted molar refractivity (Wildman–Crippen MR) is 105 cm³/mol. The summed E-state index contributed by atoms with van der Waals surface area (Å²) in [5.74, 6) is -0.251. The Morgan fingerprint density at radius 1 is 0.889 bits per heavy atom. The molecule has 1 N–H and O–H groups in total. The molecule has 0 aliphatic rings. The molecular formula is C22H21NO4. The Hall–Kier alpha value is -3.34. The van der Waals surface area contributed by atoms with E-state index in [4.69, 9.17) is 9.47 Å². The highest BCUT2D eigenvalue weighted by Gasteiger charge is 2.16. The van der Waals surface area contributed by atoms with Gasteiger partial charge in [0.05, 0.1) is 12.7 Å². The van der Waals surface area contributed by atoms with Gasteiger partial charge >= 0.3 is 5.97 Å². The van der Waals surface area contributed by atoms with Crippen LogP contribution < -0.4 is 10.1 Å². The van der Waals surface area contributed by atoms with Crippen molar-refractivity contribution in [2.45, 2.75) is 13.8 Å². The zero-order valence-electron chi connectivity index (χ0n) is 15.5. The molecule has 0 unspecified atom stereocenters. The second kappa shape index (κ2) is 7.91. The number of esters is 1. The van der Waals surface area contributed by atoms with Crippen molar-refractivity contribution in [1.82, 2.24) is 0 Å². The molecule has 0 aliphatic carbocycles. The molecule has 5 heteroatoms. The van der Waals surface area contributed by atoms with Crippen molar-refractivity contribution >= 4 is 28.3 Å². The van der Waals surface area contributed by atoms with Gasteiger partial charge in [-0.25, -0.2) is 4.79 Å². The van der Waals surface area contributed by atoms with E-state index >= 15 is 0 Å². The zero-order valence-corrected chi connectivity index (χ0v) is 15.5. The molecule has 0 aliphatic heterocycles. The summed E-state index contributed by atoms with van der Waals surface area (Å²) < 4.78 is 10.6. The van der Waals surface area contributed by atoms with Gasteiger partial charge in [-0.3, -0.25) is 4.79 Å². The Labute approximate surface area is 157 Å². The van der Waals surface area contributed by atoms with E-state index in [1.165, 1.54) is 0 Å². The average Bonchev–Trinajstić information content (AvgIpc) is 2.68. The van der Waals surface area contributed by atoms with Crippen LogP contribution >= 0.6 is 0 Å². The molecule has 0 aromatic heterocycles. The van der Waals surface area contributed by atoms with Gasteiger partial charge in [0.1, 0.15) is 5.75 Å². The van der Waals surface area contributed by atoms with Crippen molar-refractivity contribution in [3.63, 3.8) is 0 Å². The Balaban J connectivity index is 1.73. The fraction of sp³-hybridized carbons (Fsp3) is 0.182.